The largest absolute Gasteiger partial charge is 1.00 e. The monoisotopic (exact) mass is 495 g/mol. The van der Waals surface area contributed by atoms with Crippen molar-refractivity contribution in [2.45, 2.75) is 59.9 Å². The Morgan fingerprint density at radius 2 is 1.75 bits per heavy atom. The Kier molecular flexibility index (Phi) is 9.99. The Bertz CT molecular complexity index is 999. The van der Waals surface area contributed by atoms with E-state index in [-0.39, 0.29) is 17.0 Å². The summed E-state index contributed by atoms with van der Waals surface area (Å²) in [4.78, 5) is 2.29. The van der Waals surface area contributed by atoms with Gasteiger partial charge in [-0.05, 0) is 51.0 Å². The van der Waals surface area contributed by atoms with Crippen molar-refractivity contribution in [2.75, 3.05) is 18.0 Å². The first-order valence-electron chi connectivity index (χ1n) is 11.5. The Morgan fingerprint density at radius 3 is 2.38 bits per heavy atom. The normalized spacial score (nSPS) is 13.8. The van der Waals surface area contributed by atoms with Crippen LogP contribution in [0.25, 0.3) is 11.1 Å². The van der Waals surface area contributed by atoms with E-state index < -0.39 is 0 Å². The molecule has 0 saturated carbocycles. The van der Waals surface area contributed by atoms with Crippen LogP contribution in [0, 0.1) is 11.3 Å². The number of pyridine rings is 1. The second-order valence-electron chi connectivity index (χ2n) is 8.02. The molecule has 4 nitrogen and oxygen atoms in total. The molecule has 170 valence electrons. The summed E-state index contributed by atoms with van der Waals surface area (Å²) in [6, 6.07) is 12.7. The van der Waals surface area contributed by atoms with Gasteiger partial charge in [-0.3, -0.25) is 0 Å². The number of unbranched alkanes of at least 4 members (excludes halogenated alkanes) is 3. The lowest BCUT2D eigenvalue weighted by Gasteiger charge is -2.25. The van der Waals surface area contributed by atoms with Crippen LogP contribution in [0.5, 0.6) is 5.75 Å². The number of nitrogens with zero attached hydrogens (tertiary/aromatic N) is 3. The van der Waals surface area contributed by atoms with Gasteiger partial charge in [-0.25, -0.2) is 4.57 Å². The number of rotatable bonds is 9. The van der Waals surface area contributed by atoms with Crippen molar-refractivity contribution in [1.82, 2.24) is 0 Å². The van der Waals surface area contributed by atoms with Gasteiger partial charge in [0, 0.05) is 54.5 Å². The van der Waals surface area contributed by atoms with Gasteiger partial charge in [-0.15, -0.1) is 0 Å². The number of benzene rings is 1. The number of ether oxygens (including phenoxy) is 1. The van der Waals surface area contributed by atoms with Crippen LogP contribution >= 0.6 is 0 Å². The molecule has 0 saturated heterocycles. The summed E-state index contributed by atoms with van der Waals surface area (Å²) >= 11 is 0. The van der Waals surface area contributed by atoms with Gasteiger partial charge in [0.25, 0.3) is 0 Å². The Labute approximate surface area is 203 Å². The van der Waals surface area contributed by atoms with Gasteiger partial charge in [0.05, 0.1) is 0 Å². The molecule has 1 aliphatic heterocycles. The maximum absolute atomic E-state index is 9.92. The summed E-state index contributed by atoms with van der Waals surface area (Å²) < 4.78 is 8.45. The van der Waals surface area contributed by atoms with Crippen LogP contribution < -0.4 is 31.2 Å². The first-order chi connectivity index (χ1) is 15.1. The standard InChI is InChI=1S/C27H34N3O.BrH/c1-5-8-9-10-15-29-16-13-22(14-17-29)25(20-28)26-18-21(4)24-12-11-23(19-27(24)31-26)30(6-2)7-3;/h11-14,16-19H,5-10,15H2,1-4H3;1H/q+1;/p-1. The van der Waals surface area contributed by atoms with E-state index >= 15 is 0 Å². The number of nitriles is 1. The van der Waals surface area contributed by atoms with Crippen molar-refractivity contribution >= 4 is 16.8 Å². The fourth-order valence-corrected chi connectivity index (χ4v) is 4.01. The van der Waals surface area contributed by atoms with Gasteiger partial charge in [0.15, 0.2) is 12.4 Å². The molecular formula is C27H34BrN3O. The zero-order chi connectivity index (χ0) is 22.2. The second kappa shape index (κ2) is 12.5. The molecule has 2 aromatic rings. The number of aryl methyl sites for hydroxylation is 1. The van der Waals surface area contributed by atoms with Gasteiger partial charge < -0.3 is 26.6 Å². The average Bonchev–Trinajstić information content (AvgIpc) is 2.79. The van der Waals surface area contributed by atoms with E-state index in [9.17, 15) is 5.26 Å². The minimum atomic E-state index is 0. The fourth-order valence-electron chi connectivity index (χ4n) is 4.01. The number of hydrogen-bond donors (Lipinski definition) is 0. The molecule has 0 spiro atoms. The molecule has 32 heavy (non-hydrogen) atoms. The topological polar surface area (TPSA) is 40.1 Å². The smallest absolute Gasteiger partial charge is 0.169 e. The Hall–Kier alpha value is -2.58. The van der Waals surface area contributed by atoms with E-state index in [2.05, 4.69) is 73.8 Å². The molecule has 0 amide bonds. The molecule has 3 rings (SSSR count). The maximum atomic E-state index is 9.92. The SMILES string of the molecule is CCCCCC[n+]1ccc(/C(C#N)=C2/C=C(C)c3ccc(N(CC)CC)cc3O2)cc1.[Br-]. The lowest BCUT2D eigenvalue weighted by atomic mass is 9.99. The van der Waals surface area contributed by atoms with Gasteiger partial charge >= 0.3 is 0 Å². The van der Waals surface area contributed by atoms with Crippen LogP contribution in [0.1, 0.15) is 64.5 Å². The van der Waals surface area contributed by atoms with Crippen molar-refractivity contribution in [3.63, 3.8) is 0 Å². The van der Waals surface area contributed by atoms with Crippen molar-refractivity contribution < 1.29 is 26.3 Å². The van der Waals surface area contributed by atoms with E-state index in [1.54, 1.807) is 0 Å². The first kappa shape index (κ1) is 25.7. The van der Waals surface area contributed by atoms with E-state index in [0.29, 0.717) is 11.3 Å². The summed E-state index contributed by atoms with van der Waals surface area (Å²) in [5, 5.41) is 9.92. The van der Waals surface area contributed by atoms with Crippen LogP contribution in [0.15, 0.2) is 54.6 Å². The zero-order valence-corrected chi connectivity index (χ0v) is 21.3. The van der Waals surface area contributed by atoms with Crippen LogP contribution in [0.2, 0.25) is 0 Å². The molecule has 1 aromatic heterocycles. The maximum Gasteiger partial charge on any atom is 0.169 e. The first-order valence-corrected chi connectivity index (χ1v) is 11.5. The molecular weight excluding hydrogens is 462 g/mol. The molecule has 2 heterocycles. The molecule has 0 unspecified atom stereocenters. The summed E-state index contributed by atoms with van der Waals surface area (Å²) in [5.74, 6) is 1.43. The summed E-state index contributed by atoms with van der Waals surface area (Å²) in [6.45, 7) is 11.5. The number of fused-ring (bicyclic) bond motifs is 1. The van der Waals surface area contributed by atoms with Gasteiger partial charge in [0.2, 0.25) is 0 Å². The van der Waals surface area contributed by atoms with Gasteiger partial charge in [-0.2, -0.15) is 5.26 Å². The Morgan fingerprint density at radius 1 is 1.03 bits per heavy atom. The highest BCUT2D eigenvalue weighted by Gasteiger charge is 2.20. The van der Waals surface area contributed by atoms with Crippen molar-refractivity contribution in [2.24, 2.45) is 0 Å². The number of halogens is 1. The summed E-state index contributed by atoms with van der Waals surface area (Å²) in [7, 11) is 0. The molecule has 0 radical (unpaired) electrons. The van der Waals surface area contributed by atoms with E-state index in [4.69, 9.17) is 4.74 Å². The molecule has 0 fully saturated rings. The molecule has 0 N–H and O–H groups in total. The molecule has 0 aliphatic carbocycles. The third kappa shape index (κ3) is 6.01. The summed E-state index contributed by atoms with van der Waals surface area (Å²) in [5.41, 5.74) is 4.78. The van der Waals surface area contributed by atoms with E-state index in [1.165, 1.54) is 25.7 Å². The Balaban J connectivity index is 0.00000363. The molecule has 0 bridgehead atoms. The van der Waals surface area contributed by atoms with Gasteiger partial charge in [-0.1, -0.05) is 19.8 Å². The van der Waals surface area contributed by atoms with Crippen molar-refractivity contribution in [3.8, 4) is 11.8 Å². The molecule has 1 aliphatic rings. The fraction of sp³-hybridized carbons (Fsp3) is 0.407. The second-order valence-corrected chi connectivity index (χ2v) is 8.02. The third-order valence-electron chi connectivity index (χ3n) is 5.89. The minimum Gasteiger partial charge on any atom is -1.00 e. The predicted molar refractivity (Wildman–Crippen MR) is 128 cm³/mol. The molecule has 0 atom stereocenters. The van der Waals surface area contributed by atoms with Crippen LogP contribution in [0.4, 0.5) is 5.69 Å². The van der Waals surface area contributed by atoms with Crippen molar-refractivity contribution in [1.29, 1.82) is 5.26 Å². The number of allylic oxidation sites excluding steroid dienone is 3. The van der Waals surface area contributed by atoms with E-state index in [0.717, 1.165) is 47.8 Å². The number of hydrogen-bond acceptors (Lipinski definition) is 3. The molecule has 5 heteroatoms. The molecule has 1 aromatic carbocycles. The highest BCUT2D eigenvalue weighted by atomic mass is 79.9. The number of aromatic nitrogens is 1. The van der Waals surface area contributed by atoms with Gasteiger partial charge in [0.1, 0.15) is 29.7 Å². The highest BCUT2D eigenvalue weighted by molar-refractivity contribution is 5.85. The average molecular weight is 496 g/mol. The third-order valence-corrected chi connectivity index (χ3v) is 5.89. The lowest BCUT2D eigenvalue weighted by Crippen LogP contribution is -3.00. The van der Waals surface area contributed by atoms with E-state index in [1.807, 2.05) is 18.2 Å². The number of anilines is 1. The lowest BCUT2D eigenvalue weighted by molar-refractivity contribution is -0.697. The predicted octanol–water partition coefficient (Wildman–Crippen LogP) is 3.14. The zero-order valence-electron chi connectivity index (χ0n) is 19.7. The summed E-state index contributed by atoms with van der Waals surface area (Å²) in [6.07, 6.45) is 11.1. The highest BCUT2D eigenvalue weighted by Crippen LogP contribution is 2.38. The minimum absolute atomic E-state index is 0. The van der Waals surface area contributed by atoms with Crippen LogP contribution in [-0.2, 0) is 6.54 Å². The van der Waals surface area contributed by atoms with Crippen molar-refractivity contribution in [3.05, 3.63) is 65.7 Å². The van der Waals surface area contributed by atoms with Crippen LogP contribution in [0.3, 0.4) is 0 Å². The van der Waals surface area contributed by atoms with Crippen LogP contribution in [-0.4, -0.2) is 13.1 Å². The quantitative estimate of drug-likeness (QED) is 0.304.